The van der Waals surface area contributed by atoms with Crippen LogP contribution in [0.3, 0.4) is 0 Å². The number of hydrogen-bond acceptors (Lipinski definition) is 3. The van der Waals surface area contributed by atoms with Crippen molar-refractivity contribution in [2.24, 2.45) is 11.8 Å². The maximum absolute atomic E-state index is 11.6. The van der Waals surface area contributed by atoms with Crippen LogP contribution in [0.15, 0.2) is 0 Å². The first-order chi connectivity index (χ1) is 8.13. The van der Waals surface area contributed by atoms with Gasteiger partial charge in [-0.15, -0.1) is 12.4 Å². The Morgan fingerprint density at radius 1 is 1.28 bits per heavy atom. The van der Waals surface area contributed by atoms with Gasteiger partial charge in [-0.2, -0.15) is 0 Å². The van der Waals surface area contributed by atoms with Crippen LogP contribution in [0.5, 0.6) is 0 Å². The Balaban J connectivity index is 0.00000289. The summed E-state index contributed by atoms with van der Waals surface area (Å²) in [5.74, 6) is 0.830. The van der Waals surface area contributed by atoms with Gasteiger partial charge in [-0.3, -0.25) is 9.59 Å². The molecule has 1 aliphatic rings. The monoisotopic (exact) mass is 277 g/mol. The maximum Gasteiger partial charge on any atom is 0.239 e. The van der Waals surface area contributed by atoms with Gasteiger partial charge in [-0.05, 0) is 37.8 Å². The van der Waals surface area contributed by atoms with Gasteiger partial charge in [0.1, 0.15) is 0 Å². The third-order valence-electron chi connectivity index (χ3n) is 3.42. The van der Waals surface area contributed by atoms with Crippen LogP contribution in [0.25, 0.3) is 0 Å². The number of piperidine rings is 1. The van der Waals surface area contributed by atoms with Gasteiger partial charge in [0.15, 0.2) is 0 Å². The summed E-state index contributed by atoms with van der Waals surface area (Å²) >= 11 is 0. The van der Waals surface area contributed by atoms with Crippen LogP contribution in [0.2, 0.25) is 0 Å². The Hall–Kier alpha value is -0.810. The predicted octanol–water partition coefficient (Wildman–Crippen LogP) is 0.296. The van der Waals surface area contributed by atoms with Crippen molar-refractivity contribution in [3.63, 3.8) is 0 Å². The van der Waals surface area contributed by atoms with E-state index >= 15 is 0 Å². The summed E-state index contributed by atoms with van der Waals surface area (Å²) in [5.41, 5.74) is 0. The molecule has 0 aromatic heterocycles. The van der Waals surface area contributed by atoms with Crippen molar-refractivity contribution in [2.45, 2.75) is 26.2 Å². The molecule has 0 aromatic rings. The lowest BCUT2D eigenvalue weighted by Gasteiger charge is -2.27. The largest absolute Gasteiger partial charge is 0.358 e. The van der Waals surface area contributed by atoms with Crippen molar-refractivity contribution < 1.29 is 9.59 Å². The Morgan fingerprint density at radius 3 is 2.44 bits per heavy atom. The fourth-order valence-corrected chi connectivity index (χ4v) is 2.21. The molecule has 1 aliphatic heterocycles. The van der Waals surface area contributed by atoms with Crippen LogP contribution >= 0.6 is 12.4 Å². The molecule has 2 amide bonds. The number of hydrogen-bond donors (Lipinski definition) is 3. The molecule has 0 bridgehead atoms. The normalized spacial score (nSPS) is 17.4. The third-order valence-corrected chi connectivity index (χ3v) is 3.42. The van der Waals surface area contributed by atoms with Crippen LogP contribution < -0.4 is 16.0 Å². The van der Waals surface area contributed by atoms with E-state index in [1.54, 1.807) is 7.05 Å². The van der Waals surface area contributed by atoms with E-state index in [1.807, 2.05) is 0 Å². The summed E-state index contributed by atoms with van der Waals surface area (Å²) in [4.78, 5) is 22.6. The molecule has 1 atom stereocenters. The lowest BCUT2D eigenvalue weighted by molar-refractivity contribution is -0.126. The molecule has 106 valence electrons. The SMILES string of the molecule is CNC(=O)CNC(=O)CC(C)C1CCNCC1.Cl. The van der Waals surface area contributed by atoms with Gasteiger partial charge >= 0.3 is 0 Å². The summed E-state index contributed by atoms with van der Waals surface area (Å²) in [6.45, 7) is 4.30. The Labute approximate surface area is 115 Å². The van der Waals surface area contributed by atoms with E-state index in [0.29, 0.717) is 18.3 Å². The molecular weight excluding hydrogens is 254 g/mol. The second-order valence-electron chi connectivity index (χ2n) is 4.72. The summed E-state index contributed by atoms with van der Waals surface area (Å²) in [7, 11) is 1.56. The van der Waals surface area contributed by atoms with E-state index < -0.39 is 0 Å². The molecule has 1 heterocycles. The minimum Gasteiger partial charge on any atom is -0.358 e. The number of halogens is 1. The van der Waals surface area contributed by atoms with Gasteiger partial charge in [-0.25, -0.2) is 0 Å². The highest BCUT2D eigenvalue weighted by Gasteiger charge is 2.21. The van der Waals surface area contributed by atoms with Gasteiger partial charge in [0.2, 0.25) is 11.8 Å². The van der Waals surface area contributed by atoms with E-state index in [9.17, 15) is 9.59 Å². The van der Waals surface area contributed by atoms with Crippen LogP contribution in [-0.2, 0) is 9.59 Å². The second-order valence-corrected chi connectivity index (χ2v) is 4.72. The highest BCUT2D eigenvalue weighted by Crippen LogP contribution is 2.23. The van der Waals surface area contributed by atoms with Crippen LogP contribution in [0.4, 0.5) is 0 Å². The molecule has 0 spiro atoms. The Kier molecular flexibility index (Phi) is 8.75. The van der Waals surface area contributed by atoms with Crippen molar-refractivity contribution in [1.82, 2.24) is 16.0 Å². The zero-order chi connectivity index (χ0) is 12.7. The van der Waals surface area contributed by atoms with Crippen LogP contribution in [0, 0.1) is 11.8 Å². The fraction of sp³-hybridized carbons (Fsp3) is 0.833. The number of likely N-dealkylation sites (N-methyl/N-ethyl adjacent to an activating group) is 1. The third kappa shape index (κ3) is 6.21. The minimum absolute atomic E-state index is 0. The van der Waals surface area contributed by atoms with E-state index in [-0.39, 0.29) is 30.8 Å². The quantitative estimate of drug-likeness (QED) is 0.677. The smallest absolute Gasteiger partial charge is 0.239 e. The highest BCUT2D eigenvalue weighted by atomic mass is 35.5. The van der Waals surface area contributed by atoms with Gasteiger partial charge < -0.3 is 16.0 Å². The zero-order valence-corrected chi connectivity index (χ0v) is 11.9. The lowest BCUT2D eigenvalue weighted by atomic mass is 9.84. The van der Waals surface area contributed by atoms with Crippen LogP contribution in [-0.4, -0.2) is 38.5 Å². The van der Waals surface area contributed by atoms with E-state index in [0.717, 1.165) is 25.9 Å². The minimum atomic E-state index is -0.159. The van der Waals surface area contributed by atoms with Crippen molar-refractivity contribution >= 4 is 24.2 Å². The molecular formula is C12H24ClN3O2. The first-order valence-corrected chi connectivity index (χ1v) is 6.31. The van der Waals surface area contributed by atoms with Gasteiger partial charge in [-0.1, -0.05) is 6.92 Å². The molecule has 1 unspecified atom stereocenters. The zero-order valence-electron chi connectivity index (χ0n) is 11.1. The van der Waals surface area contributed by atoms with Gasteiger partial charge in [0.25, 0.3) is 0 Å². The predicted molar refractivity (Wildman–Crippen MR) is 73.7 cm³/mol. The van der Waals surface area contributed by atoms with Gasteiger partial charge in [0, 0.05) is 13.5 Å². The maximum atomic E-state index is 11.6. The molecule has 1 fully saturated rings. The fourth-order valence-electron chi connectivity index (χ4n) is 2.21. The van der Waals surface area contributed by atoms with E-state index in [4.69, 9.17) is 0 Å². The van der Waals surface area contributed by atoms with Gasteiger partial charge in [0.05, 0.1) is 6.54 Å². The number of carbonyl (C=O) groups excluding carboxylic acids is 2. The molecule has 6 heteroatoms. The first kappa shape index (κ1) is 17.2. The molecule has 0 aromatic carbocycles. The van der Waals surface area contributed by atoms with Crippen LogP contribution in [0.1, 0.15) is 26.2 Å². The van der Waals surface area contributed by atoms with Crippen molar-refractivity contribution in [1.29, 1.82) is 0 Å². The first-order valence-electron chi connectivity index (χ1n) is 6.31. The van der Waals surface area contributed by atoms with Crippen molar-refractivity contribution in [3.05, 3.63) is 0 Å². The summed E-state index contributed by atoms with van der Waals surface area (Å²) in [6, 6.07) is 0. The summed E-state index contributed by atoms with van der Waals surface area (Å²) in [5, 5.41) is 8.43. The van der Waals surface area contributed by atoms with E-state index in [2.05, 4.69) is 22.9 Å². The molecule has 1 rings (SSSR count). The number of amides is 2. The second kappa shape index (κ2) is 9.16. The number of rotatable bonds is 5. The molecule has 0 saturated carbocycles. The molecule has 5 nitrogen and oxygen atoms in total. The Bertz CT molecular complexity index is 268. The average molecular weight is 278 g/mol. The Morgan fingerprint density at radius 2 is 1.89 bits per heavy atom. The standard InChI is InChI=1S/C12H23N3O2.ClH/c1-9(10-3-5-14-6-4-10)7-11(16)15-8-12(17)13-2;/h9-10,14H,3-8H2,1-2H3,(H,13,17)(H,15,16);1H. The molecule has 1 saturated heterocycles. The van der Waals surface area contributed by atoms with E-state index in [1.165, 1.54) is 0 Å². The van der Waals surface area contributed by atoms with Crippen molar-refractivity contribution in [3.8, 4) is 0 Å². The number of nitrogens with one attached hydrogen (secondary N) is 3. The summed E-state index contributed by atoms with van der Waals surface area (Å²) < 4.78 is 0. The molecule has 3 N–H and O–H groups in total. The molecule has 18 heavy (non-hydrogen) atoms. The summed E-state index contributed by atoms with van der Waals surface area (Å²) in [6.07, 6.45) is 2.80. The number of carbonyl (C=O) groups is 2. The lowest BCUT2D eigenvalue weighted by Crippen LogP contribution is -2.37. The molecule has 0 aliphatic carbocycles. The highest BCUT2D eigenvalue weighted by molar-refractivity contribution is 5.85. The average Bonchev–Trinajstić information content (AvgIpc) is 2.36. The van der Waals surface area contributed by atoms with Crippen molar-refractivity contribution in [2.75, 3.05) is 26.7 Å². The topological polar surface area (TPSA) is 70.2 Å². The molecule has 0 radical (unpaired) electrons.